The number of carbonyl (C=O) groups excluding carboxylic acids is 1. The lowest BCUT2D eigenvalue weighted by Crippen LogP contribution is -2.28. The highest BCUT2D eigenvalue weighted by Crippen LogP contribution is 2.34. The van der Waals surface area contributed by atoms with Gasteiger partial charge in [-0.05, 0) is 25.2 Å². The Morgan fingerprint density at radius 3 is 2.50 bits per heavy atom. The highest BCUT2D eigenvalue weighted by Gasteiger charge is 2.37. The number of ether oxygens (including phenoxy) is 2. The fraction of sp³-hybridized carbons (Fsp3) is 0.923. The van der Waals surface area contributed by atoms with Crippen molar-refractivity contribution in [3.8, 4) is 0 Å². The van der Waals surface area contributed by atoms with Gasteiger partial charge in [-0.3, -0.25) is 0 Å². The highest BCUT2D eigenvalue weighted by atomic mass is 16.6. The van der Waals surface area contributed by atoms with Crippen molar-refractivity contribution < 1.29 is 14.3 Å². The van der Waals surface area contributed by atoms with Crippen molar-refractivity contribution in [2.45, 2.75) is 58.0 Å². The lowest BCUT2D eigenvalue weighted by Gasteiger charge is -2.14. The summed E-state index contributed by atoms with van der Waals surface area (Å²) >= 11 is 0. The minimum Gasteiger partial charge on any atom is -0.467 e. The zero-order valence-corrected chi connectivity index (χ0v) is 10.5. The predicted molar refractivity (Wildman–Crippen MR) is 63.2 cm³/mol. The Hall–Kier alpha value is -0.570. The number of unbranched alkanes of at least 4 members (excludes halogenated alkanes) is 4. The summed E-state index contributed by atoms with van der Waals surface area (Å²) in [6.07, 6.45) is 8.00. The second-order valence-electron chi connectivity index (χ2n) is 4.57. The molecule has 0 aromatic rings. The van der Waals surface area contributed by atoms with Crippen LogP contribution in [0.1, 0.15) is 51.9 Å². The van der Waals surface area contributed by atoms with Gasteiger partial charge in [-0.1, -0.05) is 32.6 Å². The van der Waals surface area contributed by atoms with Crippen LogP contribution in [0.25, 0.3) is 0 Å². The molecule has 94 valence electrons. The van der Waals surface area contributed by atoms with Crippen molar-refractivity contribution in [3.63, 3.8) is 0 Å². The van der Waals surface area contributed by atoms with Gasteiger partial charge < -0.3 is 9.47 Å². The maximum absolute atomic E-state index is 11.4. The number of methoxy groups -OCH3 is 1. The molecule has 1 saturated carbocycles. The summed E-state index contributed by atoms with van der Waals surface area (Å²) in [5, 5.41) is 0. The molecule has 0 heterocycles. The smallest absolute Gasteiger partial charge is 0.335 e. The van der Waals surface area contributed by atoms with Crippen LogP contribution in [0.2, 0.25) is 0 Å². The van der Waals surface area contributed by atoms with E-state index in [1.54, 1.807) is 0 Å². The van der Waals surface area contributed by atoms with Crippen LogP contribution in [-0.4, -0.2) is 25.8 Å². The summed E-state index contributed by atoms with van der Waals surface area (Å²) in [6, 6.07) is 0. The third-order valence-electron chi connectivity index (χ3n) is 3.03. The van der Waals surface area contributed by atoms with Gasteiger partial charge in [0.05, 0.1) is 7.11 Å². The molecule has 1 atom stereocenters. The summed E-state index contributed by atoms with van der Waals surface area (Å²) in [4.78, 5) is 11.4. The van der Waals surface area contributed by atoms with Gasteiger partial charge in [-0.25, -0.2) is 4.79 Å². The van der Waals surface area contributed by atoms with Crippen LogP contribution in [-0.2, 0) is 14.3 Å². The van der Waals surface area contributed by atoms with E-state index in [0.717, 1.165) is 19.3 Å². The average molecular weight is 228 g/mol. The van der Waals surface area contributed by atoms with Crippen molar-refractivity contribution in [1.82, 2.24) is 0 Å². The molecular formula is C13H24O3. The van der Waals surface area contributed by atoms with Gasteiger partial charge in [0.1, 0.15) is 0 Å². The van der Waals surface area contributed by atoms with Crippen molar-refractivity contribution in [1.29, 1.82) is 0 Å². The minimum absolute atomic E-state index is 0.198. The Balaban J connectivity index is 2.06. The standard InChI is InChI=1S/C13H24O3/c1-3-4-5-6-7-10-16-12(11-8-9-11)13(14)15-2/h11-12H,3-10H2,1-2H3. The maximum Gasteiger partial charge on any atom is 0.335 e. The normalized spacial score (nSPS) is 17.1. The van der Waals surface area contributed by atoms with Crippen LogP contribution in [0.3, 0.4) is 0 Å². The average Bonchev–Trinajstić information content (AvgIpc) is 3.11. The number of rotatable bonds is 9. The maximum atomic E-state index is 11.4. The molecule has 0 N–H and O–H groups in total. The molecular weight excluding hydrogens is 204 g/mol. The fourth-order valence-corrected chi connectivity index (χ4v) is 1.83. The lowest BCUT2D eigenvalue weighted by molar-refractivity contribution is -0.155. The molecule has 0 aromatic carbocycles. The zero-order valence-electron chi connectivity index (χ0n) is 10.5. The van der Waals surface area contributed by atoms with Gasteiger partial charge in [0, 0.05) is 6.61 Å². The van der Waals surface area contributed by atoms with Crippen LogP contribution in [0.15, 0.2) is 0 Å². The molecule has 1 aliphatic carbocycles. The van der Waals surface area contributed by atoms with Crippen molar-refractivity contribution >= 4 is 5.97 Å². The first-order valence-electron chi connectivity index (χ1n) is 6.49. The molecule has 16 heavy (non-hydrogen) atoms. The van der Waals surface area contributed by atoms with E-state index in [1.165, 1.54) is 32.8 Å². The zero-order chi connectivity index (χ0) is 11.8. The minimum atomic E-state index is -0.295. The van der Waals surface area contributed by atoms with E-state index in [4.69, 9.17) is 9.47 Å². The Kier molecular flexibility index (Phi) is 6.46. The Labute approximate surface area is 98.5 Å². The third-order valence-corrected chi connectivity index (χ3v) is 3.03. The molecule has 1 aliphatic rings. The Morgan fingerprint density at radius 1 is 1.25 bits per heavy atom. The quantitative estimate of drug-likeness (QED) is 0.449. The van der Waals surface area contributed by atoms with Gasteiger partial charge >= 0.3 is 5.97 Å². The molecule has 0 aromatic heterocycles. The summed E-state index contributed by atoms with van der Waals surface area (Å²) in [5.74, 6) is 0.221. The van der Waals surface area contributed by atoms with E-state index >= 15 is 0 Å². The molecule has 1 fully saturated rings. The van der Waals surface area contributed by atoms with Gasteiger partial charge in [-0.2, -0.15) is 0 Å². The van der Waals surface area contributed by atoms with Crippen molar-refractivity contribution in [2.24, 2.45) is 5.92 Å². The second kappa shape index (κ2) is 7.66. The summed E-state index contributed by atoms with van der Waals surface area (Å²) in [6.45, 7) is 2.90. The molecule has 0 radical (unpaired) electrons. The van der Waals surface area contributed by atoms with Crippen LogP contribution < -0.4 is 0 Å². The van der Waals surface area contributed by atoms with Gasteiger partial charge in [0.2, 0.25) is 0 Å². The van der Waals surface area contributed by atoms with E-state index < -0.39 is 0 Å². The number of hydrogen-bond donors (Lipinski definition) is 0. The van der Waals surface area contributed by atoms with Gasteiger partial charge in [-0.15, -0.1) is 0 Å². The number of esters is 1. The first-order valence-corrected chi connectivity index (χ1v) is 6.49. The van der Waals surface area contributed by atoms with Gasteiger partial charge in [0.15, 0.2) is 6.10 Å². The summed E-state index contributed by atoms with van der Waals surface area (Å²) in [7, 11) is 1.43. The first-order chi connectivity index (χ1) is 7.79. The van der Waals surface area contributed by atoms with E-state index in [-0.39, 0.29) is 12.1 Å². The fourth-order valence-electron chi connectivity index (χ4n) is 1.83. The highest BCUT2D eigenvalue weighted by molar-refractivity contribution is 5.75. The molecule has 0 saturated heterocycles. The van der Waals surface area contributed by atoms with Crippen LogP contribution in [0, 0.1) is 5.92 Å². The molecule has 3 nitrogen and oxygen atoms in total. The summed E-state index contributed by atoms with van der Waals surface area (Å²) in [5.41, 5.74) is 0. The van der Waals surface area contributed by atoms with Crippen molar-refractivity contribution in [2.75, 3.05) is 13.7 Å². The molecule has 0 bridgehead atoms. The largest absolute Gasteiger partial charge is 0.467 e. The predicted octanol–water partition coefficient (Wildman–Crippen LogP) is 2.93. The second-order valence-corrected chi connectivity index (χ2v) is 4.57. The van der Waals surface area contributed by atoms with E-state index in [0.29, 0.717) is 12.5 Å². The molecule has 3 heteroatoms. The Bertz CT molecular complexity index is 199. The monoisotopic (exact) mass is 228 g/mol. The van der Waals surface area contributed by atoms with Crippen LogP contribution in [0.5, 0.6) is 0 Å². The summed E-state index contributed by atoms with van der Waals surface area (Å²) < 4.78 is 10.4. The molecule has 0 amide bonds. The first kappa shape index (κ1) is 13.5. The number of hydrogen-bond acceptors (Lipinski definition) is 3. The molecule has 1 rings (SSSR count). The van der Waals surface area contributed by atoms with E-state index in [2.05, 4.69) is 6.92 Å². The number of carbonyl (C=O) groups is 1. The SMILES string of the molecule is CCCCCCCOC(C(=O)OC)C1CC1. The molecule has 1 unspecified atom stereocenters. The van der Waals surface area contributed by atoms with E-state index in [9.17, 15) is 4.79 Å². The topological polar surface area (TPSA) is 35.5 Å². The lowest BCUT2D eigenvalue weighted by atomic mass is 10.1. The van der Waals surface area contributed by atoms with Gasteiger partial charge in [0.25, 0.3) is 0 Å². The van der Waals surface area contributed by atoms with E-state index in [1.807, 2.05) is 0 Å². The molecule has 0 aliphatic heterocycles. The molecule has 0 spiro atoms. The third kappa shape index (κ3) is 4.97. The van der Waals surface area contributed by atoms with Crippen molar-refractivity contribution in [3.05, 3.63) is 0 Å². The van der Waals surface area contributed by atoms with Crippen LogP contribution >= 0.6 is 0 Å². The Morgan fingerprint density at radius 2 is 1.94 bits per heavy atom. The van der Waals surface area contributed by atoms with Crippen LogP contribution in [0.4, 0.5) is 0 Å².